The summed E-state index contributed by atoms with van der Waals surface area (Å²) in [6, 6.07) is 12.6. The lowest BCUT2D eigenvalue weighted by Gasteiger charge is -2.14. The van der Waals surface area contributed by atoms with E-state index in [1.54, 1.807) is 12.1 Å². The third kappa shape index (κ3) is 2.42. The Morgan fingerprint density at radius 1 is 1.25 bits per heavy atom. The first-order chi connectivity index (χ1) is 11.7. The van der Waals surface area contributed by atoms with Crippen LogP contribution >= 0.6 is 0 Å². The van der Waals surface area contributed by atoms with Crippen molar-refractivity contribution in [1.82, 2.24) is 4.98 Å². The molecule has 4 nitrogen and oxygen atoms in total. The average Bonchev–Trinajstić information content (AvgIpc) is 3.20. The molecule has 2 heterocycles. The summed E-state index contributed by atoms with van der Waals surface area (Å²) in [7, 11) is 0. The van der Waals surface area contributed by atoms with Gasteiger partial charge in [0.1, 0.15) is 11.9 Å². The topological polar surface area (TPSA) is 45.3 Å². The van der Waals surface area contributed by atoms with E-state index in [0.29, 0.717) is 17.8 Å². The molecule has 122 valence electrons. The Kier molecular flexibility index (Phi) is 3.49. The molecule has 4 rings (SSSR count). The maximum Gasteiger partial charge on any atom is 0.414 e. The van der Waals surface area contributed by atoms with Gasteiger partial charge in [-0.2, -0.15) is 0 Å². The van der Waals surface area contributed by atoms with Gasteiger partial charge < -0.3 is 9.72 Å². The minimum atomic E-state index is -0.415. The number of carbonyl (C=O) groups excluding carboxylic acids is 1. The SMILES string of the molecule is CC[C@H]1CN(c2ccc(-c3ccc4cc[nH]c4c3)c(F)c2)C(=O)O1. The molecule has 1 fully saturated rings. The zero-order valence-corrected chi connectivity index (χ0v) is 13.3. The Hall–Kier alpha value is -2.82. The van der Waals surface area contributed by atoms with Crippen LogP contribution in [-0.4, -0.2) is 23.7 Å². The molecule has 2 aromatic carbocycles. The van der Waals surface area contributed by atoms with Crippen molar-refractivity contribution in [2.75, 3.05) is 11.4 Å². The van der Waals surface area contributed by atoms with Crippen LogP contribution in [0.1, 0.15) is 13.3 Å². The van der Waals surface area contributed by atoms with Crippen LogP contribution in [0.4, 0.5) is 14.9 Å². The number of aromatic nitrogens is 1. The summed E-state index contributed by atoms with van der Waals surface area (Å²) in [5, 5.41) is 1.08. The standard InChI is InChI=1S/C19H17FN2O2/c1-2-15-11-22(19(23)24-15)14-5-6-16(17(20)10-14)13-4-3-12-7-8-21-18(12)9-13/h3-10,15,21H,2,11H2,1H3/t15-/m0/s1. The van der Waals surface area contributed by atoms with E-state index in [1.807, 2.05) is 37.4 Å². The van der Waals surface area contributed by atoms with Crippen LogP contribution in [0, 0.1) is 5.82 Å². The molecule has 24 heavy (non-hydrogen) atoms. The Bertz CT molecular complexity index is 919. The number of anilines is 1. The molecule has 0 spiro atoms. The van der Waals surface area contributed by atoms with Crippen molar-refractivity contribution in [3.63, 3.8) is 0 Å². The van der Waals surface area contributed by atoms with Crippen LogP contribution in [0.3, 0.4) is 0 Å². The number of fused-ring (bicyclic) bond motifs is 1. The van der Waals surface area contributed by atoms with Crippen LogP contribution in [0.2, 0.25) is 0 Å². The maximum atomic E-state index is 14.6. The second kappa shape index (κ2) is 5.67. The molecule has 1 saturated heterocycles. The molecular weight excluding hydrogens is 307 g/mol. The highest BCUT2D eigenvalue weighted by atomic mass is 19.1. The summed E-state index contributed by atoms with van der Waals surface area (Å²) < 4.78 is 19.9. The van der Waals surface area contributed by atoms with Crippen molar-refractivity contribution in [3.05, 3.63) is 54.5 Å². The number of hydrogen-bond donors (Lipinski definition) is 1. The predicted molar refractivity (Wildman–Crippen MR) is 91.6 cm³/mol. The van der Waals surface area contributed by atoms with Crippen molar-refractivity contribution in [3.8, 4) is 11.1 Å². The fourth-order valence-corrected chi connectivity index (χ4v) is 3.07. The van der Waals surface area contributed by atoms with Crippen molar-refractivity contribution < 1.29 is 13.9 Å². The number of carbonyl (C=O) groups is 1. The number of nitrogens with zero attached hydrogens (tertiary/aromatic N) is 1. The molecule has 3 aromatic rings. The third-order valence-electron chi connectivity index (χ3n) is 4.46. The van der Waals surface area contributed by atoms with Crippen LogP contribution < -0.4 is 4.90 Å². The summed E-state index contributed by atoms with van der Waals surface area (Å²) in [5.41, 5.74) is 2.79. The molecule has 1 N–H and O–H groups in total. The lowest BCUT2D eigenvalue weighted by atomic mass is 10.0. The van der Waals surface area contributed by atoms with Gasteiger partial charge in [-0.25, -0.2) is 9.18 Å². The van der Waals surface area contributed by atoms with Crippen LogP contribution in [0.15, 0.2) is 48.7 Å². The van der Waals surface area contributed by atoms with E-state index in [9.17, 15) is 9.18 Å². The van der Waals surface area contributed by atoms with Gasteiger partial charge in [0.15, 0.2) is 0 Å². The number of nitrogens with one attached hydrogen (secondary N) is 1. The summed E-state index contributed by atoms with van der Waals surface area (Å²) >= 11 is 0. The number of benzene rings is 2. The Morgan fingerprint density at radius 3 is 2.88 bits per heavy atom. The normalized spacial score (nSPS) is 17.5. The molecule has 1 aromatic heterocycles. The Labute approximate surface area is 138 Å². The summed E-state index contributed by atoms with van der Waals surface area (Å²) in [4.78, 5) is 16.5. The molecule has 1 aliphatic rings. The lowest BCUT2D eigenvalue weighted by molar-refractivity contribution is 0.139. The van der Waals surface area contributed by atoms with Gasteiger partial charge in [-0.3, -0.25) is 4.90 Å². The van der Waals surface area contributed by atoms with Crippen molar-refractivity contribution in [2.24, 2.45) is 0 Å². The highest BCUT2D eigenvalue weighted by Crippen LogP contribution is 2.30. The molecule has 1 atom stereocenters. The predicted octanol–water partition coefficient (Wildman–Crippen LogP) is 4.71. The highest BCUT2D eigenvalue weighted by Gasteiger charge is 2.31. The second-order valence-corrected chi connectivity index (χ2v) is 5.97. The molecule has 1 amide bonds. The zero-order chi connectivity index (χ0) is 16.7. The van der Waals surface area contributed by atoms with Gasteiger partial charge in [-0.05, 0) is 47.7 Å². The van der Waals surface area contributed by atoms with E-state index in [4.69, 9.17) is 4.74 Å². The zero-order valence-electron chi connectivity index (χ0n) is 13.3. The van der Waals surface area contributed by atoms with Gasteiger partial charge in [0, 0.05) is 17.3 Å². The number of cyclic esters (lactones) is 1. The van der Waals surface area contributed by atoms with E-state index >= 15 is 0 Å². The van der Waals surface area contributed by atoms with E-state index in [2.05, 4.69) is 4.98 Å². The minimum absolute atomic E-state index is 0.129. The molecule has 0 unspecified atom stereocenters. The maximum absolute atomic E-state index is 14.6. The fourth-order valence-electron chi connectivity index (χ4n) is 3.07. The van der Waals surface area contributed by atoms with Crippen LogP contribution in [0.25, 0.3) is 22.0 Å². The molecule has 5 heteroatoms. The van der Waals surface area contributed by atoms with Gasteiger partial charge in [-0.1, -0.05) is 19.1 Å². The number of hydrogen-bond acceptors (Lipinski definition) is 2. The number of aromatic amines is 1. The number of amides is 1. The minimum Gasteiger partial charge on any atom is -0.444 e. The Morgan fingerprint density at radius 2 is 2.12 bits per heavy atom. The van der Waals surface area contributed by atoms with Gasteiger partial charge in [-0.15, -0.1) is 0 Å². The number of rotatable bonds is 3. The first-order valence-corrected chi connectivity index (χ1v) is 8.01. The van der Waals surface area contributed by atoms with Gasteiger partial charge in [0.05, 0.1) is 12.2 Å². The summed E-state index contributed by atoms with van der Waals surface area (Å²) in [6.45, 7) is 2.42. The van der Waals surface area contributed by atoms with Crippen molar-refractivity contribution in [2.45, 2.75) is 19.4 Å². The Balaban J connectivity index is 1.68. The van der Waals surface area contributed by atoms with Gasteiger partial charge >= 0.3 is 6.09 Å². The van der Waals surface area contributed by atoms with Gasteiger partial charge in [0.25, 0.3) is 0 Å². The lowest BCUT2D eigenvalue weighted by Crippen LogP contribution is -2.24. The van der Waals surface area contributed by atoms with Crippen LogP contribution in [0.5, 0.6) is 0 Å². The molecular formula is C19H17FN2O2. The average molecular weight is 324 g/mol. The van der Waals surface area contributed by atoms with Crippen molar-refractivity contribution >= 4 is 22.7 Å². The van der Waals surface area contributed by atoms with E-state index in [1.165, 1.54) is 11.0 Å². The molecule has 0 aliphatic carbocycles. The van der Waals surface area contributed by atoms with Crippen molar-refractivity contribution in [1.29, 1.82) is 0 Å². The highest BCUT2D eigenvalue weighted by molar-refractivity contribution is 5.90. The first kappa shape index (κ1) is 14.8. The summed E-state index contributed by atoms with van der Waals surface area (Å²) in [6.07, 6.45) is 2.06. The molecule has 0 radical (unpaired) electrons. The van der Waals surface area contributed by atoms with E-state index in [0.717, 1.165) is 22.9 Å². The molecule has 0 bridgehead atoms. The molecule has 1 aliphatic heterocycles. The quantitative estimate of drug-likeness (QED) is 0.758. The largest absolute Gasteiger partial charge is 0.444 e. The van der Waals surface area contributed by atoms with Crippen LogP contribution in [-0.2, 0) is 4.74 Å². The monoisotopic (exact) mass is 324 g/mol. The third-order valence-corrected chi connectivity index (χ3v) is 4.46. The second-order valence-electron chi connectivity index (χ2n) is 5.97. The summed E-state index contributed by atoms with van der Waals surface area (Å²) in [5.74, 6) is -0.355. The fraction of sp³-hybridized carbons (Fsp3) is 0.211. The molecule has 0 saturated carbocycles. The first-order valence-electron chi connectivity index (χ1n) is 8.01. The van der Waals surface area contributed by atoms with E-state index < -0.39 is 6.09 Å². The van der Waals surface area contributed by atoms with E-state index in [-0.39, 0.29) is 11.9 Å². The number of ether oxygens (including phenoxy) is 1. The van der Waals surface area contributed by atoms with Gasteiger partial charge in [0.2, 0.25) is 0 Å². The smallest absolute Gasteiger partial charge is 0.414 e. The number of halogens is 1. The number of H-pyrrole nitrogens is 1.